The van der Waals surface area contributed by atoms with Crippen LogP contribution in [0.15, 0.2) is 29.2 Å². The molecule has 1 aromatic carbocycles. The summed E-state index contributed by atoms with van der Waals surface area (Å²) in [6.45, 7) is 7.52. The molecule has 0 radical (unpaired) electrons. The second kappa shape index (κ2) is 8.08. The number of benzene rings is 1. The average molecular weight is 433 g/mol. The molecule has 8 heteroatoms. The minimum absolute atomic E-state index is 0.133. The zero-order chi connectivity index (χ0) is 21.5. The number of halogens is 1. The molecule has 2 amide bonds. The van der Waals surface area contributed by atoms with Crippen molar-refractivity contribution in [3.63, 3.8) is 0 Å². The zero-order valence-electron chi connectivity index (χ0n) is 16.5. The summed E-state index contributed by atoms with van der Waals surface area (Å²) in [6.07, 6.45) is 2.40. The molecule has 3 rings (SSSR count). The van der Waals surface area contributed by atoms with Crippen LogP contribution in [0.1, 0.15) is 47.6 Å². The van der Waals surface area contributed by atoms with Crippen molar-refractivity contribution < 1.29 is 19.5 Å². The summed E-state index contributed by atoms with van der Waals surface area (Å²) in [5, 5.41) is 9.44. The van der Waals surface area contributed by atoms with Crippen molar-refractivity contribution in [2.75, 3.05) is 0 Å². The smallest absolute Gasteiger partial charge is 0.335 e. The standard InChI is InChI=1S/C21H21ClN2O4S/c1-5-11(2)24-19(25)18(29-21(24)28)10-15-8-12(3)23(13(15)4)17-9-14(20(26)27)6-7-16(17)22/h6-11H,5H2,1-4H3,(H,26,27)/b18-10+/t11-/m1/s1. The van der Waals surface area contributed by atoms with Crippen LogP contribution in [0.3, 0.4) is 0 Å². The van der Waals surface area contributed by atoms with E-state index in [0.717, 1.165) is 28.7 Å². The number of nitrogens with zero attached hydrogens (tertiary/aromatic N) is 2. The van der Waals surface area contributed by atoms with E-state index in [-0.39, 0.29) is 22.8 Å². The third kappa shape index (κ3) is 3.84. The van der Waals surface area contributed by atoms with Crippen LogP contribution in [0.5, 0.6) is 0 Å². The number of carbonyl (C=O) groups is 3. The first-order chi connectivity index (χ1) is 13.6. The first-order valence-electron chi connectivity index (χ1n) is 9.14. The second-order valence-corrected chi connectivity index (χ2v) is 8.34. The molecule has 1 atom stereocenters. The van der Waals surface area contributed by atoms with Gasteiger partial charge in [0.1, 0.15) is 0 Å². The van der Waals surface area contributed by atoms with Crippen molar-refractivity contribution in [1.29, 1.82) is 0 Å². The number of carbonyl (C=O) groups excluding carboxylic acids is 2. The SMILES string of the molecule is CC[C@@H](C)N1C(=O)S/C(=C/c2cc(C)n(-c3cc(C(=O)O)ccc3Cl)c2C)C1=O. The van der Waals surface area contributed by atoms with Crippen LogP contribution in [0, 0.1) is 13.8 Å². The van der Waals surface area contributed by atoms with E-state index in [1.807, 2.05) is 38.3 Å². The fourth-order valence-electron chi connectivity index (χ4n) is 3.31. The van der Waals surface area contributed by atoms with Gasteiger partial charge in [-0.1, -0.05) is 18.5 Å². The van der Waals surface area contributed by atoms with Gasteiger partial charge in [-0.3, -0.25) is 14.5 Å². The molecule has 0 spiro atoms. The van der Waals surface area contributed by atoms with Crippen LogP contribution < -0.4 is 0 Å². The molecular weight excluding hydrogens is 412 g/mol. The number of hydrogen-bond acceptors (Lipinski definition) is 4. The van der Waals surface area contributed by atoms with E-state index in [4.69, 9.17) is 11.6 Å². The van der Waals surface area contributed by atoms with Gasteiger partial charge in [0.25, 0.3) is 11.1 Å². The molecular formula is C21H21ClN2O4S. The lowest BCUT2D eigenvalue weighted by atomic mass is 10.2. The van der Waals surface area contributed by atoms with Crippen LogP contribution >= 0.6 is 23.4 Å². The Morgan fingerprint density at radius 2 is 1.97 bits per heavy atom. The van der Waals surface area contributed by atoms with Crippen molar-refractivity contribution in [2.24, 2.45) is 0 Å². The Kier molecular flexibility index (Phi) is 5.91. The van der Waals surface area contributed by atoms with E-state index in [1.165, 1.54) is 17.0 Å². The zero-order valence-corrected chi connectivity index (χ0v) is 18.1. The van der Waals surface area contributed by atoms with Gasteiger partial charge in [0, 0.05) is 17.4 Å². The normalized spacial score (nSPS) is 16.7. The number of aromatic carboxylic acids is 1. The van der Waals surface area contributed by atoms with Crippen LogP contribution in [-0.4, -0.2) is 37.7 Å². The predicted octanol–water partition coefficient (Wildman–Crippen LogP) is 5.28. The van der Waals surface area contributed by atoms with Crippen LogP contribution in [0.2, 0.25) is 5.02 Å². The molecule has 2 heterocycles. The number of aryl methyl sites for hydroxylation is 1. The van der Waals surface area contributed by atoms with Gasteiger partial charge < -0.3 is 9.67 Å². The van der Waals surface area contributed by atoms with Crippen molar-refractivity contribution in [3.8, 4) is 5.69 Å². The average Bonchev–Trinajstić information content (AvgIpc) is 3.10. The fraction of sp³-hybridized carbons (Fsp3) is 0.286. The molecule has 6 nitrogen and oxygen atoms in total. The van der Waals surface area contributed by atoms with Gasteiger partial charge in [0.15, 0.2) is 0 Å². The number of imide groups is 1. The molecule has 0 bridgehead atoms. The minimum atomic E-state index is -1.04. The van der Waals surface area contributed by atoms with Crippen molar-refractivity contribution >= 4 is 46.6 Å². The second-order valence-electron chi connectivity index (χ2n) is 6.94. The summed E-state index contributed by atoms with van der Waals surface area (Å²) < 4.78 is 1.85. The maximum atomic E-state index is 12.7. The number of rotatable bonds is 5. The number of carboxylic acid groups (broad SMARTS) is 1. The van der Waals surface area contributed by atoms with E-state index >= 15 is 0 Å². The Bertz CT molecular complexity index is 1060. The van der Waals surface area contributed by atoms with Crippen molar-refractivity contribution in [3.05, 3.63) is 56.7 Å². The van der Waals surface area contributed by atoms with Gasteiger partial charge in [-0.25, -0.2) is 4.79 Å². The van der Waals surface area contributed by atoms with E-state index in [2.05, 4.69) is 0 Å². The lowest BCUT2D eigenvalue weighted by Gasteiger charge is -2.19. The predicted molar refractivity (Wildman–Crippen MR) is 115 cm³/mol. The first kappa shape index (κ1) is 21.2. The summed E-state index contributed by atoms with van der Waals surface area (Å²) in [5.41, 5.74) is 3.08. The minimum Gasteiger partial charge on any atom is -0.478 e. The lowest BCUT2D eigenvalue weighted by molar-refractivity contribution is -0.124. The summed E-state index contributed by atoms with van der Waals surface area (Å²) >= 11 is 7.27. The molecule has 1 aromatic heterocycles. The van der Waals surface area contributed by atoms with Crippen LogP contribution in [0.25, 0.3) is 11.8 Å². The van der Waals surface area contributed by atoms with Crippen LogP contribution in [0.4, 0.5) is 4.79 Å². The van der Waals surface area contributed by atoms with Gasteiger partial charge in [0.05, 0.1) is 21.2 Å². The summed E-state index contributed by atoms with van der Waals surface area (Å²) in [6, 6.07) is 6.25. The third-order valence-electron chi connectivity index (χ3n) is 5.05. The van der Waals surface area contributed by atoms with Gasteiger partial charge in [-0.05, 0) is 74.9 Å². The van der Waals surface area contributed by atoms with Crippen molar-refractivity contribution in [1.82, 2.24) is 9.47 Å². The Hall–Kier alpha value is -2.51. The topological polar surface area (TPSA) is 79.6 Å². The van der Waals surface area contributed by atoms with Crippen LogP contribution in [-0.2, 0) is 4.79 Å². The van der Waals surface area contributed by atoms with E-state index in [0.29, 0.717) is 22.0 Å². The van der Waals surface area contributed by atoms with Gasteiger partial charge in [-0.15, -0.1) is 0 Å². The summed E-state index contributed by atoms with van der Waals surface area (Å²) in [7, 11) is 0. The number of carboxylic acids is 1. The Labute approximate surface area is 178 Å². The van der Waals surface area contributed by atoms with Crippen molar-refractivity contribution in [2.45, 2.75) is 40.2 Å². The summed E-state index contributed by atoms with van der Waals surface area (Å²) in [5.74, 6) is -1.32. The molecule has 0 aliphatic carbocycles. The summed E-state index contributed by atoms with van der Waals surface area (Å²) in [4.78, 5) is 38.0. The number of aromatic nitrogens is 1. The molecule has 1 fully saturated rings. The Morgan fingerprint density at radius 3 is 2.59 bits per heavy atom. The molecule has 1 aliphatic heterocycles. The van der Waals surface area contributed by atoms with E-state index < -0.39 is 5.97 Å². The van der Waals surface area contributed by atoms with E-state index in [1.54, 1.807) is 12.1 Å². The highest BCUT2D eigenvalue weighted by Crippen LogP contribution is 2.36. The maximum absolute atomic E-state index is 12.7. The molecule has 1 aliphatic rings. The Balaban J connectivity index is 2.05. The lowest BCUT2D eigenvalue weighted by Crippen LogP contribution is -2.36. The van der Waals surface area contributed by atoms with E-state index in [9.17, 15) is 19.5 Å². The fourth-order valence-corrected chi connectivity index (χ4v) is 4.43. The number of hydrogen-bond donors (Lipinski definition) is 1. The molecule has 2 aromatic rings. The highest BCUT2D eigenvalue weighted by molar-refractivity contribution is 8.18. The molecule has 1 saturated heterocycles. The number of thioether (sulfide) groups is 1. The molecule has 0 saturated carbocycles. The maximum Gasteiger partial charge on any atom is 0.335 e. The molecule has 29 heavy (non-hydrogen) atoms. The monoisotopic (exact) mass is 432 g/mol. The molecule has 152 valence electrons. The molecule has 1 N–H and O–H groups in total. The van der Waals surface area contributed by atoms with Gasteiger partial charge >= 0.3 is 5.97 Å². The first-order valence-corrected chi connectivity index (χ1v) is 10.3. The Morgan fingerprint density at radius 1 is 1.28 bits per heavy atom. The highest BCUT2D eigenvalue weighted by Gasteiger charge is 2.37. The molecule has 0 unspecified atom stereocenters. The highest BCUT2D eigenvalue weighted by atomic mass is 35.5. The van der Waals surface area contributed by atoms with Gasteiger partial charge in [0.2, 0.25) is 0 Å². The van der Waals surface area contributed by atoms with Gasteiger partial charge in [-0.2, -0.15) is 0 Å². The third-order valence-corrected chi connectivity index (χ3v) is 6.25. The quantitative estimate of drug-likeness (QED) is 0.650. The number of amides is 2. The largest absolute Gasteiger partial charge is 0.478 e.